The third kappa shape index (κ3) is 4.65. The van der Waals surface area contributed by atoms with Gasteiger partial charge in [-0.25, -0.2) is 0 Å². The number of methoxy groups -OCH3 is 3. The van der Waals surface area contributed by atoms with Gasteiger partial charge in [0.1, 0.15) is 11.5 Å². The van der Waals surface area contributed by atoms with Crippen LogP contribution in [0.4, 0.5) is 5.69 Å². The lowest BCUT2D eigenvalue weighted by Gasteiger charge is -2.38. The molecule has 7 nitrogen and oxygen atoms in total. The molecule has 0 spiro atoms. The summed E-state index contributed by atoms with van der Waals surface area (Å²) < 4.78 is 22.4. The quantitative estimate of drug-likeness (QED) is 0.395. The smallest absolute Gasteiger partial charge is 0.232 e. The van der Waals surface area contributed by atoms with E-state index in [0.29, 0.717) is 47.8 Å². The standard InChI is InChI=1S/C30H29NO6/c1-34-26-16-19(17-27(35-2)30(26)36-3)23-18-28(33)31(24-10-7-11-25(32)29(23)24)20-12-14-22(15-13-20)37-21-8-5-4-6-9-21/h4-6,8-9,12-17,23H,7,10-11,18H2,1-3H3. The summed E-state index contributed by atoms with van der Waals surface area (Å²) in [5.74, 6) is 2.48. The van der Waals surface area contributed by atoms with Crippen molar-refractivity contribution in [2.24, 2.45) is 0 Å². The molecule has 190 valence electrons. The predicted octanol–water partition coefficient (Wildman–Crippen LogP) is 6.03. The highest BCUT2D eigenvalue weighted by Crippen LogP contribution is 2.47. The third-order valence-electron chi connectivity index (χ3n) is 6.84. The van der Waals surface area contributed by atoms with Crippen LogP contribution in [-0.2, 0) is 9.59 Å². The number of ketones is 1. The number of carbonyl (C=O) groups is 2. The van der Waals surface area contributed by atoms with Crippen LogP contribution in [0, 0.1) is 0 Å². The van der Waals surface area contributed by atoms with E-state index in [1.807, 2.05) is 66.7 Å². The first-order chi connectivity index (χ1) is 18.0. The second-order valence-electron chi connectivity index (χ2n) is 8.99. The Kier molecular flexibility index (Phi) is 6.86. The highest BCUT2D eigenvalue weighted by atomic mass is 16.5. The molecule has 0 N–H and O–H groups in total. The van der Waals surface area contributed by atoms with Crippen molar-refractivity contribution in [3.05, 3.63) is 83.6 Å². The van der Waals surface area contributed by atoms with Gasteiger partial charge in [-0.2, -0.15) is 0 Å². The number of nitrogens with zero attached hydrogens (tertiary/aromatic N) is 1. The number of hydrogen-bond acceptors (Lipinski definition) is 6. The fourth-order valence-electron chi connectivity index (χ4n) is 5.17. The second kappa shape index (κ2) is 10.4. The van der Waals surface area contributed by atoms with Crippen molar-refractivity contribution >= 4 is 17.4 Å². The monoisotopic (exact) mass is 499 g/mol. The van der Waals surface area contributed by atoms with Gasteiger partial charge >= 0.3 is 0 Å². The number of rotatable bonds is 7. The van der Waals surface area contributed by atoms with Gasteiger partial charge in [-0.1, -0.05) is 18.2 Å². The Bertz CT molecular complexity index is 1320. The third-order valence-corrected chi connectivity index (χ3v) is 6.84. The molecule has 1 amide bonds. The lowest BCUT2D eigenvalue weighted by molar-refractivity contribution is -0.119. The molecular formula is C30H29NO6. The molecule has 2 aliphatic rings. The van der Waals surface area contributed by atoms with Crippen LogP contribution >= 0.6 is 0 Å². The molecule has 1 atom stereocenters. The van der Waals surface area contributed by atoms with E-state index in [9.17, 15) is 9.59 Å². The van der Waals surface area contributed by atoms with Crippen LogP contribution in [0.1, 0.15) is 37.2 Å². The molecule has 0 radical (unpaired) electrons. The average Bonchev–Trinajstić information content (AvgIpc) is 2.93. The zero-order valence-electron chi connectivity index (χ0n) is 21.2. The Hall–Kier alpha value is -4.26. The maximum absolute atomic E-state index is 13.6. The Balaban J connectivity index is 1.53. The van der Waals surface area contributed by atoms with Gasteiger partial charge in [0.05, 0.1) is 21.3 Å². The number of anilines is 1. The van der Waals surface area contributed by atoms with Crippen LogP contribution in [0.5, 0.6) is 28.7 Å². The normalized spacial score (nSPS) is 17.4. The molecule has 0 aromatic heterocycles. The van der Waals surface area contributed by atoms with Crippen molar-refractivity contribution in [2.45, 2.75) is 31.6 Å². The van der Waals surface area contributed by atoms with Crippen molar-refractivity contribution in [1.82, 2.24) is 0 Å². The van der Waals surface area contributed by atoms with Crippen LogP contribution in [-0.4, -0.2) is 33.0 Å². The zero-order chi connectivity index (χ0) is 25.9. The Morgan fingerprint density at radius 2 is 1.43 bits per heavy atom. The summed E-state index contributed by atoms with van der Waals surface area (Å²) in [6.45, 7) is 0. The minimum atomic E-state index is -0.388. The second-order valence-corrected chi connectivity index (χ2v) is 8.99. The first-order valence-electron chi connectivity index (χ1n) is 12.3. The number of hydrogen-bond donors (Lipinski definition) is 0. The van der Waals surface area contributed by atoms with Gasteiger partial charge in [-0.05, 0) is 66.9 Å². The Morgan fingerprint density at radius 3 is 2.05 bits per heavy atom. The zero-order valence-corrected chi connectivity index (χ0v) is 21.2. The van der Waals surface area contributed by atoms with Gasteiger partial charge < -0.3 is 18.9 Å². The number of allylic oxidation sites excluding steroid dienone is 2. The molecule has 1 unspecified atom stereocenters. The number of benzene rings is 3. The molecule has 0 fully saturated rings. The number of para-hydroxylation sites is 1. The number of ether oxygens (including phenoxy) is 4. The van der Waals surface area contributed by atoms with Gasteiger partial charge in [-0.3, -0.25) is 14.5 Å². The van der Waals surface area contributed by atoms with Gasteiger partial charge in [0, 0.05) is 35.7 Å². The van der Waals surface area contributed by atoms with E-state index in [1.54, 1.807) is 26.2 Å². The summed E-state index contributed by atoms with van der Waals surface area (Å²) in [4.78, 5) is 28.6. The first kappa shape index (κ1) is 24.4. The molecule has 0 saturated carbocycles. The number of Topliss-reactive ketones (excluding diaryl/α,β-unsaturated/α-hetero) is 1. The fourth-order valence-corrected chi connectivity index (χ4v) is 5.17. The van der Waals surface area contributed by atoms with Crippen LogP contribution in [0.3, 0.4) is 0 Å². The fraction of sp³-hybridized carbons (Fsp3) is 0.267. The summed E-state index contributed by atoms with van der Waals surface area (Å²) >= 11 is 0. The molecule has 0 saturated heterocycles. The largest absolute Gasteiger partial charge is 0.493 e. The van der Waals surface area contributed by atoms with Gasteiger partial charge in [-0.15, -0.1) is 0 Å². The molecular weight excluding hydrogens is 470 g/mol. The topological polar surface area (TPSA) is 74.3 Å². The average molecular weight is 500 g/mol. The number of amides is 1. The molecule has 1 heterocycles. The molecule has 1 aliphatic heterocycles. The van der Waals surface area contributed by atoms with E-state index in [-0.39, 0.29) is 24.0 Å². The van der Waals surface area contributed by atoms with E-state index in [2.05, 4.69) is 0 Å². The van der Waals surface area contributed by atoms with Gasteiger partial charge in [0.15, 0.2) is 17.3 Å². The predicted molar refractivity (Wildman–Crippen MR) is 140 cm³/mol. The summed E-state index contributed by atoms with van der Waals surface area (Å²) in [5.41, 5.74) is 2.96. The Labute approximate surface area is 216 Å². The molecule has 0 bridgehead atoms. The van der Waals surface area contributed by atoms with Gasteiger partial charge in [0.25, 0.3) is 0 Å². The maximum atomic E-state index is 13.6. The lowest BCUT2D eigenvalue weighted by Crippen LogP contribution is -2.40. The summed E-state index contributed by atoms with van der Waals surface area (Å²) in [5, 5.41) is 0. The molecule has 5 rings (SSSR count). The maximum Gasteiger partial charge on any atom is 0.232 e. The molecule has 7 heteroatoms. The minimum Gasteiger partial charge on any atom is -0.493 e. The molecule has 37 heavy (non-hydrogen) atoms. The van der Waals surface area contributed by atoms with E-state index in [1.165, 1.54) is 0 Å². The molecule has 3 aromatic carbocycles. The summed E-state index contributed by atoms with van der Waals surface area (Å²) in [7, 11) is 4.65. The minimum absolute atomic E-state index is 0.0658. The van der Waals surface area contributed by atoms with E-state index < -0.39 is 0 Å². The highest BCUT2D eigenvalue weighted by Gasteiger charge is 2.40. The van der Waals surface area contributed by atoms with Crippen molar-refractivity contribution < 1.29 is 28.5 Å². The van der Waals surface area contributed by atoms with Crippen molar-refractivity contribution in [2.75, 3.05) is 26.2 Å². The van der Waals surface area contributed by atoms with Crippen LogP contribution in [0.2, 0.25) is 0 Å². The van der Waals surface area contributed by atoms with Crippen LogP contribution < -0.4 is 23.8 Å². The summed E-state index contributed by atoms with van der Waals surface area (Å²) in [6, 6.07) is 20.6. The van der Waals surface area contributed by atoms with Gasteiger partial charge in [0.2, 0.25) is 11.7 Å². The number of carbonyl (C=O) groups excluding carboxylic acids is 2. The van der Waals surface area contributed by atoms with Crippen LogP contribution in [0.15, 0.2) is 78.0 Å². The first-order valence-corrected chi connectivity index (χ1v) is 12.3. The molecule has 3 aromatic rings. The van der Waals surface area contributed by atoms with Crippen LogP contribution in [0.25, 0.3) is 0 Å². The van der Waals surface area contributed by atoms with Crippen molar-refractivity contribution in [3.63, 3.8) is 0 Å². The Morgan fingerprint density at radius 1 is 0.784 bits per heavy atom. The molecule has 1 aliphatic carbocycles. The summed E-state index contributed by atoms with van der Waals surface area (Å²) in [6.07, 6.45) is 1.98. The lowest BCUT2D eigenvalue weighted by atomic mass is 9.77. The SMILES string of the molecule is COc1cc(C2CC(=O)N(c3ccc(Oc4ccccc4)cc3)C3=C2C(=O)CCC3)cc(OC)c1OC. The van der Waals surface area contributed by atoms with E-state index >= 15 is 0 Å². The highest BCUT2D eigenvalue weighted by molar-refractivity contribution is 6.07. The van der Waals surface area contributed by atoms with Crippen molar-refractivity contribution in [1.29, 1.82) is 0 Å². The van der Waals surface area contributed by atoms with E-state index in [0.717, 1.165) is 22.7 Å². The van der Waals surface area contributed by atoms with E-state index in [4.69, 9.17) is 18.9 Å². The van der Waals surface area contributed by atoms with Crippen molar-refractivity contribution in [3.8, 4) is 28.7 Å².